The summed E-state index contributed by atoms with van der Waals surface area (Å²) in [6, 6.07) is 6.29. The van der Waals surface area contributed by atoms with E-state index in [2.05, 4.69) is 9.82 Å². The highest BCUT2D eigenvalue weighted by molar-refractivity contribution is 7.89. The van der Waals surface area contributed by atoms with Crippen LogP contribution in [-0.2, 0) is 16.6 Å². The second kappa shape index (κ2) is 6.49. The van der Waals surface area contributed by atoms with Gasteiger partial charge in [-0.2, -0.15) is 5.10 Å². The summed E-state index contributed by atoms with van der Waals surface area (Å²) in [6.45, 7) is 0.617. The van der Waals surface area contributed by atoms with E-state index < -0.39 is 28.0 Å². The minimum Gasteiger partial charge on any atom is -0.443 e. The molecular weight excluding hydrogens is 361 g/mol. The molecule has 2 N–H and O–H groups in total. The number of furan rings is 1. The van der Waals surface area contributed by atoms with E-state index in [1.165, 1.54) is 24.3 Å². The van der Waals surface area contributed by atoms with Gasteiger partial charge < -0.3 is 9.52 Å². The van der Waals surface area contributed by atoms with Gasteiger partial charge in [0.1, 0.15) is 11.4 Å². The predicted molar refractivity (Wildman–Crippen MR) is 91.2 cm³/mol. The van der Waals surface area contributed by atoms with Crippen molar-refractivity contribution in [2.45, 2.75) is 36.6 Å². The zero-order valence-corrected chi connectivity index (χ0v) is 14.6. The van der Waals surface area contributed by atoms with Gasteiger partial charge in [-0.05, 0) is 43.0 Å². The normalized spacial score (nSPS) is 23.7. The Morgan fingerprint density at radius 2 is 2.19 bits per heavy atom. The van der Waals surface area contributed by atoms with E-state index in [4.69, 9.17) is 4.42 Å². The van der Waals surface area contributed by atoms with Crippen LogP contribution in [0.25, 0.3) is 11.0 Å². The molecule has 0 bridgehead atoms. The first-order valence-electron chi connectivity index (χ1n) is 8.27. The van der Waals surface area contributed by atoms with E-state index in [1.54, 1.807) is 10.9 Å². The van der Waals surface area contributed by atoms with E-state index in [9.17, 15) is 17.9 Å². The molecule has 1 saturated carbocycles. The van der Waals surface area contributed by atoms with Crippen molar-refractivity contribution in [1.29, 1.82) is 0 Å². The number of hydrogen-bond acceptors (Lipinski definition) is 5. The third-order valence-corrected chi connectivity index (χ3v) is 6.00. The monoisotopic (exact) mass is 379 g/mol. The van der Waals surface area contributed by atoms with Gasteiger partial charge in [-0.25, -0.2) is 17.5 Å². The summed E-state index contributed by atoms with van der Waals surface area (Å²) >= 11 is 0. The number of aliphatic hydroxyl groups is 1. The van der Waals surface area contributed by atoms with Crippen molar-refractivity contribution in [3.63, 3.8) is 0 Å². The van der Waals surface area contributed by atoms with Crippen LogP contribution in [0.1, 0.15) is 12.8 Å². The smallest absolute Gasteiger partial charge is 0.274 e. The Bertz CT molecular complexity index is 1020. The number of hydrogen-bond donors (Lipinski definition) is 2. The average molecular weight is 379 g/mol. The molecule has 1 aliphatic rings. The Kier molecular flexibility index (Phi) is 4.29. The molecule has 0 spiro atoms. The van der Waals surface area contributed by atoms with Gasteiger partial charge in [0, 0.05) is 36.4 Å². The maximum absolute atomic E-state index is 13.3. The summed E-state index contributed by atoms with van der Waals surface area (Å²) in [6.07, 6.45) is 3.70. The number of nitrogens with one attached hydrogen (secondary N) is 1. The SMILES string of the molecule is O=S(=O)(N[C@@H]1CC(Cn2cccn2)C[C@H]1O)c1cc2cc(F)ccc2o1. The minimum absolute atomic E-state index is 0.113. The van der Waals surface area contributed by atoms with Gasteiger partial charge in [0.05, 0.1) is 6.10 Å². The molecule has 26 heavy (non-hydrogen) atoms. The fourth-order valence-electron chi connectivity index (χ4n) is 3.45. The van der Waals surface area contributed by atoms with Gasteiger partial charge in [-0.15, -0.1) is 0 Å². The van der Waals surface area contributed by atoms with Gasteiger partial charge in [-0.3, -0.25) is 4.68 Å². The van der Waals surface area contributed by atoms with E-state index >= 15 is 0 Å². The Labute approximate surface area is 149 Å². The molecule has 0 radical (unpaired) electrons. The Morgan fingerprint density at radius 1 is 1.35 bits per heavy atom. The average Bonchev–Trinajstić information content (AvgIpc) is 3.28. The number of aliphatic hydroxyl groups excluding tert-OH is 1. The zero-order valence-electron chi connectivity index (χ0n) is 13.7. The summed E-state index contributed by atoms with van der Waals surface area (Å²) in [5.41, 5.74) is 0.287. The Balaban J connectivity index is 1.49. The number of benzene rings is 1. The van der Waals surface area contributed by atoms with Crippen LogP contribution in [0.15, 0.2) is 52.2 Å². The van der Waals surface area contributed by atoms with Crippen LogP contribution in [0.2, 0.25) is 0 Å². The molecule has 3 atom stereocenters. The molecule has 138 valence electrons. The van der Waals surface area contributed by atoms with Crippen LogP contribution < -0.4 is 4.72 Å². The van der Waals surface area contributed by atoms with Gasteiger partial charge in [0.25, 0.3) is 10.0 Å². The molecule has 1 aliphatic carbocycles. The summed E-state index contributed by atoms with van der Waals surface area (Å²) in [7, 11) is -3.96. The molecule has 1 fully saturated rings. The largest absolute Gasteiger partial charge is 0.443 e. The highest BCUT2D eigenvalue weighted by Gasteiger charge is 2.36. The summed E-state index contributed by atoms with van der Waals surface area (Å²) < 4.78 is 48.1. The predicted octanol–water partition coefficient (Wildman–Crippen LogP) is 1.89. The lowest BCUT2D eigenvalue weighted by molar-refractivity contribution is 0.154. The molecule has 0 amide bonds. The number of fused-ring (bicyclic) bond motifs is 1. The van der Waals surface area contributed by atoms with E-state index in [0.717, 1.165) is 0 Å². The molecular formula is C17H18FN3O4S. The Morgan fingerprint density at radius 3 is 2.96 bits per heavy atom. The van der Waals surface area contributed by atoms with Crippen molar-refractivity contribution in [3.8, 4) is 0 Å². The minimum atomic E-state index is -3.96. The third-order valence-electron chi connectivity index (χ3n) is 4.66. The van der Waals surface area contributed by atoms with E-state index in [0.29, 0.717) is 24.8 Å². The lowest BCUT2D eigenvalue weighted by Gasteiger charge is -2.15. The van der Waals surface area contributed by atoms with Crippen molar-refractivity contribution in [2.75, 3.05) is 0 Å². The van der Waals surface area contributed by atoms with Crippen LogP contribution in [0, 0.1) is 11.7 Å². The van der Waals surface area contributed by atoms with Crippen LogP contribution in [0.5, 0.6) is 0 Å². The molecule has 4 rings (SSSR count). The first-order chi connectivity index (χ1) is 12.4. The first-order valence-corrected chi connectivity index (χ1v) is 9.76. The second-order valence-electron chi connectivity index (χ2n) is 6.61. The standard InChI is InChI=1S/C17H18FN3O4S/c18-13-2-3-16-12(8-13)9-17(25-16)26(23,24)20-14-6-11(7-15(14)22)10-21-5-1-4-19-21/h1-5,8-9,11,14-15,20,22H,6-7,10H2/t11?,14-,15-/m1/s1. The molecule has 3 aromatic rings. The topological polar surface area (TPSA) is 97.4 Å². The van der Waals surface area contributed by atoms with Gasteiger partial charge in [0.2, 0.25) is 5.09 Å². The third kappa shape index (κ3) is 3.37. The molecule has 0 saturated heterocycles. The van der Waals surface area contributed by atoms with E-state index in [-0.39, 0.29) is 16.6 Å². The molecule has 9 heteroatoms. The highest BCUT2D eigenvalue weighted by Crippen LogP contribution is 2.30. The number of rotatable bonds is 5. The maximum atomic E-state index is 13.3. The van der Waals surface area contributed by atoms with Gasteiger partial charge >= 0.3 is 0 Å². The lowest BCUT2D eigenvalue weighted by atomic mass is 10.1. The zero-order chi connectivity index (χ0) is 18.3. The highest BCUT2D eigenvalue weighted by atomic mass is 32.2. The van der Waals surface area contributed by atoms with Crippen LogP contribution in [0.3, 0.4) is 0 Å². The van der Waals surface area contributed by atoms with Crippen molar-refractivity contribution in [1.82, 2.24) is 14.5 Å². The van der Waals surface area contributed by atoms with Crippen LogP contribution in [-0.4, -0.2) is 35.5 Å². The quantitative estimate of drug-likeness (QED) is 0.706. The maximum Gasteiger partial charge on any atom is 0.274 e. The lowest BCUT2D eigenvalue weighted by Crippen LogP contribution is -2.39. The van der Waals surface area contributed by atoms with Gasteiger partial charge in [0.15, 0.2) is 0 Å². The summed E-state index contributed by atoms with van der Waals surface area (Å²) in [4.78, 5) is 0. The molecule has 0 aliphatic heterocycles. The van der Waals surface area contributed by atoms with Crippen molar-refractivity contribution >= 4 is 21.0 Å². The van der Waals surface area contributed by atoms with Crippen molar-refractivity contribution < 1.29 is 22.3 Å². The molecule has 2 aromatic heterocycles. The summed E-state index contributed by atoms with van der Waals surface area (Å²) in [5.74, 6) is -0.356. The molecule has 1 unspecified atom stereocenters. The number of sulfonamides is 1. The van der Waals surface area contributed by atoms with Crippen LogP contribution >= 0.6 is 0 Å². The van der Waals surface area contributed by atoms with Crippen molar-refractivity contribution in [3.05, 3.63) is 48.5 Å². The van der Waals surface area contributed by atoms with Crippen molar-refractivity contribution in [2.24, 2.45) is 5.92 Å². The fraction of sp³-hybridized carbons (Fsp3) is 0.353. The second-order valence-corrected chi connectivity index (χ2v) is 8.25. The molecule has 7 nitrogen and oxygen atoms in total. The number of nitrogens with zero attached hydrogens (tertiary/aromatic N) is 2. The van der Waals surface area contributed by atoms with Gasteiger partial charge in [-0.1, -0.05) is 0 Å². The summed E-state index contributed by atoms with van der Waals surface area (Å²) in [5, 5.41) is 14.5. The van der Waals surface area contributed by atoms with Crippen LogP contribution in [0.4, 0.5) is 4.39 Å². The first kappa shape index (κ1) is 17.2. The molecule has 1 aromatic carbocycles. The fourth-order valence-corrected chi connectivity index (χ4v) is 4.70. The number of halogens is 1. The Hall–Kier alpha value is -2.23. The number of aromatic nitrogens is 2. The van der Waals surface area contributed by atoms with E-state index in [1.807, 2.05) is 12.3 Å². The molecule has 2 heterocycles.